The van der Waals surface area contributed by atoms with E-state index in [-0.39, 0.29) is 0 Å². The summed E-state index contributed by atoms with van der Waals surface area (Å²) < 4.78 is 0. The average Bonchev–Trinajstić information content (AvgIpc) is 2.91. The van der Waals surface area contributed by atoms with E-state index in [0.717, 1.165) is 23.9 Å². The lowest BCUT2D eigenvalue weighted by molar-refractivity contribution is 0.259. The molecule has 1 aliphatic heterocycles. The highest BCUT2D eigenvalue weighted by atomic mass is 15.2. The molecule has 0 spiro atoms. The number of fused-ring (bicyclic) bond motifs is 2. The van der Waals surface area contributed by atoms with E-state index in [0.29, 0.717) is 6.04 Å². The largest absolute Gasteiger partial charge is 0.327 e. The molecule has 3 atom stereocenters. The number of likely N-dealkylation sites (tertiary alicyclic amines) is 1. The summed E-state index contributed by atoms with van der Waals surface area (Å²) in [5.41, 5.74) is 8.79. The minimum Gasteiger partial charge on any atom is -0.327 e. The van der Waals surface area contributed by atoms with Crippen LogP contribution in [-0.4, -0.2) is 29.0 Å². The molecule has 1 aromatic heterocycles. The van der Waals surface area contributed by atoms with Gasteiger partial charge >= 0.3 is 0 Å². The molecule has 0 bridgehead atoms. The normalized spacial score (nSPS) is 29.7. The lowest BCUT2D eigenvalue weighted by Gasteiger charge is -2.29. The summed E-state index contributed by atoms with van der Waals surface area (Å²) in [6.45, 7) is 3.45. The molecule has 1 saturated heterocycles. The van der Waals surface area contributed by atoms with Gasteiger partial charge in [-0.2, -0.15) is 0 Å². The Morgan fingerprint density at radius 1 is 1.19 bits per heavy atom. The van der Waals surface area contributed by atoms with E-state index in [2.05, 4.69) is 34.1 Å². The Hall–Kier alpha value is -1.45. The van der Waals surface area contributed by atoms with E-state index < -0.39 is 0 Å². The fraction of sp³-hybridized carbons (Fsp3) is 0.500. The first-order valence-corrected chi connectivity index (χ1v) is 8.11. The second kappa shape index (κ2) is 5.39. The van der Waals surface area contributed by atoms with Crippen LogP contribution in [0.4, 0.5) is 0 Å². The molecular formula is C18H23N3. The summed E-state index contributed by atoms with van der Waals surface area (Å²) in [6, 6.07) is 11.2. The zero-order valence-electron chi connectivity index (χ0n) is 12.4. The van der Waals surface area contributed by atoms with Crippen LogP contribution in [-0.2, 0) is 6.54 Å². The first-order chi connectivity index (χ1) is 10.3. The molecule has 2 aliphatic rings. The van der Waals surface area contributed by atoms with Crippen molar-refractivity contribution in [1.82, 2.24) is 9.88 Å². The minimum absolute atomic E-state index is 0.426. The molecule has 2 aromatic rings. The van der Waals surface area contributed by atoms with Gasteiger partial charge in [0.05, 0.1) is 5.52 Å². The van der Waals surface area contributed by atoms with Crippen LogP contribution in [0.3, 0.4) is 0 Å². The number of rotatable bonds is 2. The fourth-order valence-corrected chi connectivity index (χ4v) is 4.22. The van der Waals surface area contributed by atoms with Crippen LogP contribution in [0, 0.1) is 11.8 Å². The third kappa shape index (κ3) is 2.56. The van der Waals surface area contributed by atoms with Crippen molar-refractivity contribution in [1.29, 1.82) is 0 Å². The Balaban J connectivity index is 1.50. The van der Waals surface area contributed by atoms with Gasteiger partial charge in [-0.3, -0.25) is 9.88 Å². The number of benzene rings is 1. The van der Waals surface area contributed by atoms with Gasteiger partial charge in [-0.25, -0.2) is 0 Å². The van der Waals surface area contributed by atoms with Gasteiger partial charge in [-0.1, -0.05) is 18.6 Å². The molecule has 1 saturated carbocycles. The molecular weight excluding hydrogens is 258 g/mol. The molecule has 4 rings (SSSR count). The van der Waals surface area contributed by atoms with Crippen molar-refractivity contribution in [3.05, 3.63) is 42.1 Å². The van der Waals surface area contributed by atoms with E-state index in [1.54, 1.807) is 0 Å². The smallest absolute Gasteiger partial charge is 0.0702 e. The van der Waals surface area contributed by atoms with Crippen LogP contribution in [0.1, 0.15) is 24.8 Å². The van der Waals surface area contributed by atoms with Crippen LogP contribution in [0.25, 0.3) is 10.9 Å². The monoisotopic (exact) mass is 281 g/mol. The lowest BCUT2D eigenvalue weighted by atomic mass is 9.78. The highest BCUT2D eigenvalue weighted by molar-refractivity contribution is 5.78. The van der Waals surface area contributed by atoms with Gasteiger partial charge < -0.3 is 5.73 Å². The van der Waals surface area contributed by atoms with E-state index in [1.807, 2.05) is 12.3 Å². The van der Waals surface area contributed by atoms with Crippen LogP contribution in [0.2, 0.25) is 0 Å². The van der Waals surface area contributed by atoms with Crippen LogP contribution in [0.5, 0.6) is 0 Å². The number of nitrogens with two attached hydrogens (primary N) is 1. The fourth-order valence-electron chi connectivity index (χ4n) is 4.22. The summed E-state index contributed by atoms with van der Waals surface area (Å²) >= 11 is 0. The SMILES string of the molecule is NC1CCCC2CN(Cc3ccc4ncccc4c3)CC12. The van der Waals surface area contributed by atoms with Gasteiger partial charge in [-0.15, -0.1) is 0 Å². The maximum absolute atomic E-state index is 6.31. The molecule has 2 N–H and O–H groups in total. The van der Waals surface area contributed by atoms with Gasteiger partial charge in [0.25, 0.3) is 0 Å². The molecule has 1 aliphatic carbocycles. The zero-order valence-corrected chi connectivity index (χ0v) is 12.4. The molecule has 3 unspecified atom stereocenters. The third-order valence-electron chi connectivity index (χ3n) is 5.30. The van der Waals surface area contributed by atoms with Crippen LogP contribution >= 0.6 is 0 Å². The average molecular weight is 281 g/mol. The summed E-state index contributed by atoms with van der Waals surface area (Å²) in [6.07, 6.45) is 5.76. The van der Waals surface area contributed by atoms with E-state index in [4.69, 9.17) is 5.73 Å². The van der Waals surface area contributed by atoms with Crippen LogP contribution in [0.15, 0.2) is 36.5 Å². The quantitative estimate of drug-likeness (QED) is 0.920. The van der Waals surface area contributed by atoms with Gasteiger partial charge in [0.15, 0.2) is 0 Å². The predicted octanol–water partition coefficient (Wildman–Crippen LogP) is 2.79. The third-order valence-corrected chi connectivity index (χ3v) is 5.30. The number of hydrogen-bond donors (Lipinski definition) is 1. The molecule has 3 heteroatoms. The Morgan fingerprint density at radius 2 is 2.14 bits per heavy atom. The van der Waals surface area contributed by atoms with E-state index >= 15 is 0 Å². The van der Waals surface area contributed by atoms with Crippen molar-refractivity contribution in [2.24, 2.45) is 17.6 Å². The number of pyridine rings is 1. The highest BCUT2D eigenvalue weighted by Crippen LogP contribution is 2.36. The summed E-state index contributed by atoms with van der Waals surface area (Å²) in [4.78, 5) is 6.99. The molecule has 3 nitrogen and oxygen atoms in total. The topological polar surface area (TPSA) is 42.1 Å². The number of nitrogens with zero attached hydrogens (tertiary/aromatic N) is 2. The van der Waals surface area contributed by atoms with Crippen molar-refractivity contribution < 1.29 is 0 Å². The number of hydrogen-bond acceptors (Lipinski definition) is 3. The van der Waals surface area contributed by atoms with E-state index in [9.17, 15) is 0 Å². The van der Waals surface area contributed by atoms with E-state index in [1.165, 1.54) is 43.3 Å². The summed E-state index contributed by atoms with van der Waals surface area (Å²) in [5, 5.41) is 1.24. The predicted molar refractivity (Wildman–Crippen MR) is 85.8 cm³/mol. The van der Waals surface area contributed by atoms with Crippen molar-refractivity contribution in [2.45, 2.75) is 31.8 Å². The number of aromatic nitrogens is 1. The molecule has 110 valence electrons. The molecule has 2 fully saturated rings. The zero-order chi connectivity index (χ0) is 14.2. The van der Waals surface area contributed by atoms with Gasteiger partial charge in [-0.05, 0) is 48.4 Å². The van der Waals surface area contributed by atoms with Crippen molar-refractivity contribution in [3.8, 4) is 0 Å². The van der Waals surface area contributed by atoms with Crippen LogP contribution < -0.4 is 5.73 Å². The standard InChI is InChI=1S/C18H23N3/c19-17-5-1-3-15-11-21(12-16(15)17)10-13-6-7-18-14(9-13)4-2-8-20-18/h2,4,6-9,15-17H,1,3,5,10-12,19H2. The minimum atomic E-state index is 0.426. The second-order valence-corrected chi connectivity index (χ2v) is 6.74. The highest BCUT2D eigenvalue weighted by Gasteiger charge is 2.38. The van der Waals surface area contributed by atoms with Gasteiger partial charge in [0.2, 0.25) is 0 Å². The molecule has 0 amide bonds. The summed E-state index contributed by atoms with van der Waals surface area (Å²) in [7, 11) is 0. The lowest BCUT2D eigenvalue weighted by Crippen LogP contribution is -2.38. The maximum Gasteiger partial charge on any atom is 0.0702 e. The molecule has 0 radical (unpaired) electrons. The Morgan fingerprint density at radius 3 is 3.05 bits per heavy atom. The molecule has 2 heterocycles. The van der Waals surface area contributed by atoms with Crippen molar-refractivity contribution in [2.75, 3.05) is 13.1 Å². The Kier molecular flexibility index (Phi) is 3.40. The van der Waals surface area contributed by atoms with Gasteiger partial charge in [0, 0.05) is 37.3 Å². The second-order valence-electron chi connectivity index (χ2n) is 6.74. The van der Waals surface area contributed by atoms with Gasteiger partial charge in [0.1, 0.15) is 0 Å². The van der Waals surface area contributed by atoms with Crippen molar-refractivity contribution in [3.63, 3.8) is 0 Å². The van der Waals surface area contributed by atoms with Crippen molar-refractivity contribution >= 4 is 10.9 Å². The first kappa shape index (κ1) is 13.2. The first-order valence-electron chi connectivity index (χ1n) is 8.11. The Labute approximate surface area is 126 Å². The molecule has 1 aromatic carbocycles. The molecule has 21 heavy (non-hydrogen) atoms. The summed E-state index contributed by atoms with van der Waals surface area (Å²) in [5.74, 6) is 1.55. The Bertz CT molecular complexity index is 639. The maximum atomic E-state index is 6.31.